The van der Waals surface area contributed by atoms with E-state index in [1.54, 1.807) is 0 Å². The molecule has 1 fully saturated rings. The molecule has 0 bridgehead atoms. The van der Waals surface area contributed by atoms with Crippen LogP contribution in [0.5, 0.6) is 0 Å². The summed E-state index contributed by atoms with van der Waals surface area (Å²) in [5.74, 6) is -2.00. The Labute approximate surface area is 111 Å². The maximum Gasteiger partial charge on any atom is 0.328 e. The second-order valence-electron chi connectivity index (χ2n) is 4.82. The predicted molar refractivity (Wildman–Crippen MR) is 68.6 cm³/mol. The van der Waals surface area contributed by atoms with E-state index in [1.165, 1.54) is 0 Å². The Morgan fingerprint density at radius 1 is 1.26 bits per heavy atom. The van der Waals surface area contributed by atoms with E-state index >= 15 is 0 Å². The lowest BCUT2D eigenvalue weighted by molar-refractivity contribution is -0.131. The van der Waals surface area contributed by atoms with Crippen LogP contribution in [0.25, 0.3) is 0 Å². The van der Waals surface area contributed by atoms with Crippen molar-refractivity contribution in [2.75, 3.05) is 20.6 Å². The summed E-state index contributed by atoms with van der Waals surface area (Å²) in [7, 11) is 3.92. The molecule has 0 heterocycles. The van der Waals surface area contributed by atoms with Gasteiger partial charge in [0.1, 0.15) is 0 Å². The fourth-order valence-corrected chi connectivity index (χ4v) is 1.96. The van der Waals surface area contributed by atoms with Gasteiger partial charge in [-0.15, -0.1) is 0 Å². The Morgan fingerprint density at radius 3 is 2.32 bits per heavy atom. The van der Waals surface area contributed by atoms with Crippen molar-refractivity contribution in [2.24, 2.45) is 0 Å². The van der Waals surface area contributed by atoms with E-state index in [9.17, 15) is 14.4 Å². The Balaban J connectivity index is 2.36. The van der Waals surface area contributed by atoms with Gasteiger partial charge in [-0.25, -0.2) is 9.59 Å². The van der Waals surface area contributed by atoms with E-state index in [4.69, 9.17) is 5.11 Å². The third-order valence-electron chi connectivity index (χ3n) is 3.42. The Morgan fingerprint density at radius 2 is 1.89 bits per heavy atom. The molecule has 3 amide bonds. The molecule has 106 valence electrons. The first-order valence-electron chi connectivity index (χ1n) is 6.03. The SMILES string of the molecule is CN(C)C1(CNC(=O)NC(=O)/C=C/C(=O)O)CCC1. The fourth-order valence-electron chi connectivity index (χ4n) is 1.96. The van der Waals surface area contributed by atoms with Gasteiger partial charge in [0.05, 0.1) is 0 Å². The number of imide groups is 1. The van der Waals surface area contributed by atoms with Crippen molar-refractivity contribution in [3.8, 4) is 0 Å². The van der Waals surface area contributed by atoms with E-state index in [-0.39, 0.29) is 5.54 Å². The molecule has 0 aliphatic heterocycles. The van der Waals surface area contributed by atoms with Crippen LogP contribution in [0.1, 0.15) is 19.3 Å². The van der Waals surface area contributed by atoms with Gasteiger partial charge in [-0.05, 0) is 33.4 Å². The minimum Gasteiger partial charge on any atom is -0.478 e. The number of hydrogen-bond donors (Lipinski definition) is 3. The third-order valence-corrected chi connectivity index (χ3v) is 3.42. The van der Waals surface area contributed by atoms with E-state index in [1.807, 2.05) is 19.4 Å². The van der Waals surface area contributed by atoms with Crippen LogP contribution in [-0.2, 0) is 9.59 Å². The molecule has 3 N–H and O–H groups in total. The van der Waals surface area contributed by atoms with Crippen molar-refractivity contribution in [1.29, 1.82) is 0 Å². The number of urea groups is 1. The summed E-state index contributed by atoms with van der Waals surface area (Å²) in [6, 6.07) is -0.617. The standard InChI is InChI=1S/C12H19N3O4/c1-15(2)12(6-3-7-12)8-13-11(19)14-9(16)4-5-10(17)18/h4-5H,3,6-8H2,1-2H3,(H,17,18)(H2,13,14,16,19)/b5-4+. The van der Waals surface area contributed by atoms with Crippen LogP contribution in [0.3, 0.4) is 0 Å². The van der Waals surface area contributed by atoms with Crippen LogP contribution in [0.4, 0.5) is 4.79 Å². The molecule has 0 aromatic carbocycles. The van der Waals surface area contributed by atoms with Gasteiger partial charge < -0.3 is 15.3 Å². The minimum absolute atomic E-state index is 0.0305. The number of aliphatic carboxylic acids is 1. The van der Waals surface area contributed by atoms with Gasteiger partial charge in [0.15, 0.2) is 0 Å². The van der Waals surface area contributed by atoms with Crippen LogP contribution < -0.4 is 10.6 Å². The summed E-state index contributed by atoms with van der Waals surface area (Å²) in [6.45, 7) is 0.460. The molecule has 0 saturated heterocycles. The summed E-state index contributed by atoms with van der Waals surface area (Å²) in [5, 5.41) is 13.0. The first-order valence-corrected chi connectivity index (χ1v) is 6.03. The molecule has 7 nitrogen and oxygen atoms in total. The zero-order valence-corrected chi connectivity index (χ0v) is 11.1. The predicted octanol–water partition coefficient (Wildman–Crippen LogP) is -0.0627. The van der Waals surface area contributed by atoms with Crippen LogP contribution in [0, 0.1) is 0 Å². The lowest BCUT2D eigenvalue weighted by Crippen LogP contribution is -2.58. The average Bonchev–Trinajstić information content (AvgIpc) is 2.24. The third kappa shape index (κ3) is 4.36. The average molecular weight is 269 g/mol. The second kappa shape index (κ2) is 6.33. The first kappa shape index (κ1) is 15.2. The highest BCUT2D eigenvalue weighted by Gasteiger charge is 2.39. The number of nitrogens with one attached hydrogen (secondary N) is 2. The van der Waals surface area contributed by atoms with Crippen molar-refractivity contribution >= 4 is 17.9 Å². The molecular weight excluding hydrogens is 250 g/mol. The largest absolute Gasteiger partial charge is 0.478 e. The Hall–Kier alpha value is -1.89. The Kier molecular flexibility index (Phi) is 5.05. The molecule has 0 aromatic heterocycles. The Bertz CT molecular complexity index is 400. The van der Waals surface area contributed by atoms with Crippen molar-refractivity contribution in [1.82, 2.24) is 15.5 Å². The molecule has 1 rings (SSSR count). The smallest absolute Gasteiger partial charge is 0.328 e. The summed E-state index contributed by atoms with van der Waals surface area (Å²) in [5.41, 5.74) is -0.0305. The molecule has 19 heavy (non-hydrogen) atoms. The lowest BCUT2D eigenvalue weighted by atomic mass is 9.75. The van der Waals surface area contributed by atoms with Crippen LogP contribution in [-0.4, -0.2) is 54.1 Å². The number of carbonyl (C=O) groups excluding carboxylic acids is 2. The monoisotopic (exact) mass is 269 g/mol. The molecule has 0 unspecified atom stereocenters. The van der Waals surface area contributed by atoms with Crippen LogP contribution >= 0.6 is 0 Å². The van der Waals surface area contributed by atoms with E-state index < -0.39 is 17.9 Å². The van der Waals surface area contributed by atoms with Gasteiger partial charge in [-0.1, -0.05) is 0 Å². The highest BCUT2D eigenvalue weighted by molar-refractivity contribution is 6.02. The van der Waals surface area contributed by atoms with E-state index in [2.05, 4.69) is 10.2 Å². The molecule has 0 aromatic rings. The molecule has 1 saturated carbocycles. The lowest BCUT2D eigenvalue weighted by Gasteiger charge is -2.47. The second-order valence-corrected chi connectivity index (χ2v) is 4.82. The van der Waals surface area contributed by atoms with Gasteiger partial charge in [0.25, 0.3) is 5.91 Å². The van der Waals surface area contributed by atoms with Gasteiger partial charge in [-0.2, -0.15) is 0 Å². The van der Waals surface area contributed by atoms with Crippen LogP contribution in [0.15, 0.2) is 12.2 Å². The number of likely N-dealkylation sites (N-methyl/N-ethyl adjacent to an activating group) is 1. The molecule has 1 aliphatic carbocycles. The molecular formula is C12H19N3O4. The number of amides is 3. The highest BCUT2D eigenvalue weighted by Crippen LogP contribution is 2.35. The molecule has 0 radical (unpaired) electrons. The number of hydrogen-bond acceptors (Lipinski definition) is 4. The summed E-state index contributed by atoms with van der Waals surface area (Å²) < 4.78 is 0. The molecule has 7 heteroatoms. The topological polar surface area (TPSA) is 98.7 Å². The molecule has 1 aliphatic rings. The highest BCUT2D eigenvalue weighted by atomic mass is 16.4. The number of rotatable bonds is 5. The zero-order valence-electron chi connectivity index (χ0n) is 11.1. The van der Waals surface area contributed by atoms with Crippen molar-refractivity contribution in [3.63, 3.8) is 0 Å². The van der Waals surface area contributed by atoms with E-state index in [0.717, 1.165) is 25.3 Å². The maximum atomic E-state index is 11.5. The normalized spacial score (nSPS) is 17.0. The molecule has 0 spiro atoms. The quantitative estimate of drug-likeness (QED) is 0.607. The van der Waals surface area contributed by atoms with E-state index in [0.29, 0.717) is 12.6 Å². The van der Waals surface area contributed by atoms with Crippen molar-refractivity contribution in [3.05, 3.63) is 12.2 Å². The van der Waals surface area contributed by atoms with Gasteiger partial charge >= 0.3 is 12.0 Å². The molecule has 0 atom stereocenters. The number of carbonyl (C=O) groups is 3. The van der Waals surface area contributed by atoms with Gasteiger partial charge in [0.2, 0.25) is 0 Å². The first-order chi connectivity index (χ1) is 8.85. The van der Waals surface area contributed by atoms with Crippen LogP contribution in [0.2, 0.25) is 0 Å². The number of carboxylic acids is 1. The minimum atomic E-state index is -1.24. The van der Waals surface area contributed by atoms with Gasteiger partial charge in [-0.3, -0.25) is 10.1 Å². The number of carboxylic acid groups (broad SMARTS) is 1. The maximum absolute atomic E-state index is 11.5. The summed E-state index contributed by atoms with van der Waals surface area (Å²) in [4.78, 5) is 34.9. The summed E-state index contributed by atoms with van der Waals surface area (Å²) in [6.07, 6.45) is 4.62. The summed E-state index contributed by atoms with van der Waals surface area (Å²) >= 11 is 0. The fraction of sp³-hybridized carbons (Fsp3) is 0.583. The zero-order chi connectivity index (χ0) is 14.5. The van der Waals surface area contributed by atoms with Crippen molar-refractivity contribution < 1.29 is 19.5 Å². The van der Waals surface area contributed by atoms with Gasteiger partial charge in [0, 0.05) is 24.2 Å². The number of nitrogens with zero attached hydrogens (tertiary/aromatic N) is 1. The van der Waals surface area contributed by atoms with Crippen molar-refractivity contribution in [2.45, 2.75) is 24.8 Å².